The van der Waals surface area contributed by atoms with Gasteiger partial charge in [-0.25, -0.2) is 9.37 Å². The van der Waals surface area contributed by atoms with Crippen LogP contribution < -0.4 is 4.74 Å². The molecule has 1 aliphatic rings. The molecule has 5 aromatic rings. The summed E-state index contributed by atoms with van der Waals surface area (Å²) in [6.07, 6.45) is 2.73. The Morgan fingerprint density at radius 3 is 2.33 bits per heavy atom. The van der Waals surface area contributed by atoms with E-state index in [1.54, 1.807) is 12.3 Å². The van der Waals surface area contributed by atoms with Crippen molar-refractivity contribution in [3.63, 3.8) is 0 Å². The summed E-state index contributed by atoms with van der Waals surface area (Å²) in [6.45, 7) is 7.16. The number of hydrogen-bond acceptors (Lipinski definition) is 5. The Morgan fingerprint density at radius 2 is 1.56 bits per heavy atom. The minimum absolute atomic E-state index is 0.308. The Bertz CT molecular complexity index is 1500. The van der Waals surface area contributed by atoms with Crippen LogP contribution in [0.2, 0.25) is 0 Å². The molecular weight excluding hydrogens is 489 g/mol. The molecule has 0 N–H and O–H groups in total. The zero-order valence-electron chi connectivity index (χ0n) is 21.9. The molecule has 198 valence electrons. The first kappa shape index (κ1) is 25.2. The van der Waals surface area contributed by atoms with Gasteiger partial charge in [-0.15, -0.1) is 0 Å². The maximum absolute atomic E-state index is 13.9. The molecule has 1 aliphatic heterocycles. The van der Waals surface area contributed by atoms with E-state index < -0.39 is 0 Å². The normalized spacial score (nSPS) is 14.6. The molecule has 39 heavy (non-hydrogen) atoms. The smallest absolute Gasteiger partial charge is 0.164 e. The molecule has 3 aromatic carbocycles. The van der Waals surface area contributed by atoms with Crippen molar-refractivity contribution in [2.75, 3.05) is 39.3 Å². The van der Waals surface area contributed by atoms with Crippen molar-refractivity contribution >= 4 is 11.0 Å². The fraction of sp³-hybridized carbons (Fsp3) is 0.250. The van der Waals surface area contributed by atoms with Gasteiger partial charge in [0.25, 0.3) is 0 Å². The van der Waals surface area contributed by atoms with Gasteiger partial charge < -0.3 is 9.64 Å². The van der Waals surface area contributed by atoms with E-state index in [1.807, 2.05) is 47.0 Å². The van der Waals surface area contributed by atoms with E-state index in [1.165, 1.54) is 17.7 Å². The van der Waals surface area contributed by atoms with Gasteiger partial charge in [-0.05, 0) is 60.5 Å². The number of aromatic nitrogens is 3. The Hall–Kier alpha value is -4.07. The summed E-state index contributed by atoms with van der Waals surface area (Å²) in [6, 6.07) is 29.1. The molecule has 2 aromatic heterocycles. The van der Waals surface area contributed by atoms with Crippen molar-refractivity contribution < 1.29 is 9.13 Å². The SMILES string of the molecule is Fc1ccc2c(c1)nc(-c1ccccn1)n2-c1ccc(OCCCN2CCN(Cc3ccccc3)CC2)cc1. The zero-order valence-corrected chi connectivity index (χ0v) is 21.9. The average Bonchev–Trinajstić information content (AvgIpc) is 3.36. The second kappa shape index (κ2) is 11.8. The number of ether oxygens (including phenoxy) is 1. The summed E-state index contributed by atoms with van der Waals surface area (Å²) >= 11 is 0. The van der Waals surface area contributed by atoms with Crippen LogP contribution in [0.15, 0.2) is 97.2 Å². The van der Waals surface area contributed by atoms with Crippen molar-refractivity contribution in [3.8, 4) is 23.0 Å². The molecule has 0 bridgehead atoms. The predicted molar refractivity (Wildman–Crippen MR) is 153 cm³/mol. The van der Waals surface area contributed by atoms with Crippen LogP contribution >= 0.6 is 0 Å². The van der Waals surface area contributed by atoms with Crippen molar-refractivity contribution in [1.82, 2.24) is 24.3 Å². The molecule has 7 heteroatoms. The number of imidazole rings is 1. The van der Waals surface area contributed by atoms with Crippen LogP contribution in [-0.2, 0) is 6.54 Å². The topological polar surface area (TPSA) is 46.4 Å². The largest absolute Gasteiger partial charge is 0.494 e. The highest BCUT2D eigenvalue weighted by atomic mass is 19.1. The van der Waals surface area contributed by atoms with Gasteiger partial charge in [0.2, 0.25) is 0 Å². The molecule has 3 heterocycles. The highest BCUT2D eigenvalue weighted by Crippen LogP contribution is 2.29. The second-order valence-corrected chi connectivity index (χ2v) is 9.92. The lowest BCUT2D eigenvalue weighted by molar-refractivity contribution is 0.121. The summed E-state index contributed by atoms with van der Waals surface area (Å²) in [5.41, 5.74) is 4.46. The van der Waals surface area contributed by atoms with Crippen LogP contribution in [0.25, 0.3) is 28.2 Å². The van der Waals surface area contributed by atoms with Gasteiger partial charge in [-0.2, -0.15) is 0 Å². The number of fused-ring (bicyclic) bond motifs is 1. The lowest BCUT2D eigenvalue weighted by atomic mass is 10.2. The number of rotatable bonds is 9. The molecular formula is C32H32FN5O. The Kier molecular flexibility index (Phi) is 7.61. The first-order chi connectivity index (χ1) is 19.2. The van der Waals surface area contributed by atoms with Gasteiger partial charge in [0.05, 0.1) is 17.6 Å². The van der Waals surface area contributed by atoms with Crippen LogP contribution in [0.3, 0.4) is 0 Å². The second-order valence-electron chi connectivity index (χ2n) is 9.92. The molecule has 0 aliphatic carbocycles. The van der Waals surface area contributed by atoms with Crippen molar-refractivity contribution in [3.05, 3.63) is 109 Å². The maximum Gasteiger partial charge on any atom is 0.164 e. The number of pyridine rings is 1. The van der Waals surface area contributed by atoms with Gasteiger partial charge >= 0.3 is 0 Å². The van der Waals surface area contributed by atoms with E-state index in [4.69, 9.17) is 9.72 Å². The summed E-state index contributed by atoms with van der Waals surface area (Å²) in [4.78, 5) is 14.2. The monoisotopic (exact) mass is 521 g/mol. The van der Waals surface area contributed by atoms with E-state index in [-0.39, 0.29) is 5.82 Å². The first-order valence-corrected chi connectivity index (χ1v) is 13.5. The molecule has 6 rings (SSSR count). The summed E-state index contributed by atoms with van der Waals surface area (Å²) in [7, 11) is 0. The van der Waals surface area contributed by atoms with Crippen molar-refractivity contribution in [2.24, 2.45) is 0 Å². The van der Waals surface area contributed by atoms with E-state index in [2.05, 4.69) is 45.1 Å². The van der Waals surface area contributed by atoms with Crippen molar-refractivity contribution in [2.45, 2.75) is 13.0 Å². The Morgan fingerprint density at radius 1 is 0.795 bits per heavy atom. The summed E-state index contributed by atoms with van der Waals surface area (Å²) in [5, 5.41) is 0. The lowest BCUT2D eigenvalue weighted by Gasteiger charge is -2.34. The van der Waals surface area contributed by atoms with Gasteiger partial charge in [0, 0.05) is 57.2 Å². The standard InChI is InChI=1S/C32H32FN5O/c33-26-10-15-31-30(23-26)35-32(29-9-4-5-16-34-29)38(31)27-11-13-28(14-12-27)39-22-6-17-36-18-20-37(21-19-36)24-25-7-2-1-3-8-25/h1-5,7-16,23H,6,17-22,24H2. The fourth-order valence-electron chi connectivity index (χ4n) is 5.16. The highest BCUT2D eigenvalue weighted by molar-refractivity contribution is 5.82. The third-order valence-electron chi connectivity index (χ3n) is 7.21. The molecule has 0 radical (unpaired) electrons. The Labute approximate surface area is 228 Å². The number of hydrogen-bond donors (Lipinski definition) is 0. The van der Waals surface area contributed by atoms with Crippen LogP contribution in [0.5, 0.6) is 5.75 Å². The predicted octanol–water partition coefficient (Wildman–Crippen LogP) is 5.81. The molecule has 0 saturated carbocycles. The minimum atomic E-state index is -0.308. The first-order valence-electron chi connectivity index (χ1n) is 13.5. The zero-order chi connectivity index (χ0) is 26.4. The Balaban J connectivity index is 1.04. The molecule has 0 spiro atoms. The van der Waals surface area contributed by atoms with E-state index in [0.717, 1.165) is 68.3 Å². The van der Waals surface area contributed by atoms with Crippen LogP contribution in [0.4, 0.5) is 4.39 Å². The number of piperazine rings is 1. The van der Waals surface area contributed by atoms with Crippen LogP contribution in [0.1, 0.15) is 12.0 Å². The number of nitrogens with zero attached hydrogens (tertiary/aromatic N) is 5. The molecule has 1 saturated heterocycles. The summed E-state index contributed by atoms with van der Waals surface area (Å²) in [5.74, 6) is 1.20. The number of benzene rings is 3. The van der Waals surface area contributed by atoms with Crippen LogP contribution in [0, 0.1) is 5.82 Å². The highest BCUT2D eigenvalue weighted by Gasteiger charge is 2.17. The van der Waals surface area contributed by atoms with Gasteiger partial charge in [0.15, 0.2) is 5.82 Å². The molecule has 0 amide bonds. The van der Waals surface area contributed by atoms with E-state index >= 15 is 0 Å². The number of halogens is 1. The summed E-state index contributed by atoms with van der Waals surface area (Å²) < 4.78 is 22.0. The van der Waals surface area contributed by atoms with Gasteiger partial charge in [0.1, 0.15) is 17.3 Å². The lowest BCUT2D eigenvalue weighted by Crippen LogP contribution is -2.46. The van der Waals surface area contributed by atoms with Gasteiger partial charge in [-0.3, -0.25) is 14.5 Å². The van der Waals surface area contributed by atoms with Crippen molar-refractivity contribution in [1.29, 1.82) is 0 Å². The van der Waals surface area contributed by atoms with Crippen LogP contribution in [-0.4, -0.2) is 63.7 Å². The third-order valence-corrected chi connectivity index (χ3v) is 7.21. The minimum Gasteiger partial charge on any atom is -0.494 e. The molecule has 0 atom stereocenters. The fourth-order valence-corrected chi connectivity index (χ4v) is 5.16. The molecule has 0 unspecified atom stereocenters. The third kappa shape index (κ3) is 6.00. The van der Waals surface area contributed by atoms with E-state index in [0.29, 0.717) is 17.9 Å². The molecule has 1 fully saturated rings. The average molecular weight is 522 g/mol. The quantitative estimate of drug-likeness (QED) is 0.229. The van der Waals surface area contributed by atoms with E-state index in [9.17, 15) is 4.39 Å². The molecule has 6 nitrogen and oxygen atoms in total. The maximum atomic E-state index is 13.9. The van der Waals surface area contributed by atoms with Gasteiger partial charge in [-0.1, -0.05) is 36.4 Å².